The van der Waals surface area contributed by atoms with Gasteiger partial charge in [0, 0.05) is 12.7 Å². The highest BCUT2D eigenvalue weighted by molar-refractivity contribution is 8.01. The van der Waals surface area contributed by atoms with Crippen LogP contribution in [0.15, 0.2) is 58.0 Å². The van der Waals surface area contributed by atoms with E-state index < -0.39 is 0 Å². The van der Waals surface area contributed by atoms with Crippen molar-refractivity contribution in [2.24, 2.45) is 0 Å². The highest BCUT2D eigenvalue weighted by Gasteiger charge is 2.07. The van der Waals surface area contributed by atoms with Gasteiger partial charge in [-0.25, -0.2) is 4.98 Å². The molecule has 2 aromatic heterocycles. The number of anilines is 1. The Morgan fingerprint density at radius 2 is 2.00 bits per heavy atom. The maximum atomic E-state index is 8.75. The predicted octanol–water partition coefficient (Wildman–Crippen LogP) is 3.57. The van der Waals surface area contributed by atoms with Gasteiger partial charge in [0.1, 0.15) is 11.1 Å². The number of nitrogens with zero attached hydrogens (tertiary/aromatic N) is 4. The van der Waals surface area contributed by atoms with Gasteiger partial charge in [0.15, 0.2) is 4.34 Å². The minimum absolute atomic E-state index is 0.548. The predicted molar refractivity (Wildman–Crippen MR) is 86.8 cm³/mol. The SMILES string of the molecule is N#Cc1ccc(Sc2nnc(NCc3ccccc3)s2)nc1. The largest absolute Gasteiger partial charge is 0.356 e. The standard InChI is InChI=1S/C15H11N5S2/c16-8-12-6-7-13(17-10-12)21-15-20-19-14(22-15)18-9-11-4-2-1-3-5-11/h1-7,10H,9H2,(H,18,19). The molecular formula is C15H11N5S2. The van der Waals surface area contributed by atoms with Crippen LogP contribution in [0.1, 0.15) is 11.1 Å². The third-order valence-electron chi connectivity index (χ3n) is 2.75. The first-order valence-corrected chi connectivity index (χ1v) is 8.12. The summed E-state index contributed by atoms with van der Waals surface area (Å²) in [5, 5.41) is 21.8. The van der Waals surface area contributed by atoms with E-state index in [1.807, 2.05) is 30.3 Å². The van der Waals surface area contributed by atoms with E-state index in [0.717, 1.165) is 21.0 Å². The molecule has 2 heterocycles. The van der Waals surface area contributed by atoms with Gasteiger partial charge in [-0.05, 0) is 29.5 Å². The first-order valence-electron chi connectivity index (χ1n) is 6.49. The first kappa shape index (κ1) is 14.5. The van der Waals surface area contributed by atoms with Gasteiger partial charge >= 0.3 is 0 Å². The molecule has 3 aromatic rings. The number of hydrogen-bond acceptors (Lipinski definition) is 7. The molecule has 108 valence electrons. The van der Waals surface area contributed by atoms with Gasteiger partial charge in [0.2, 0.25) is 5.13 Å². The maximum absolute atomic E-state index is 8.75. The molecule has 1 aromatic carbocycles. The molecule has 22 heavy (non-hydrogen) atoms. The van der Waals surface area contributed by atoms with Crippen LogP contribution in [-0.4, -0.2) is 15.2 Å². The fourth-order valence-corrected chi connectivity index (χ4v) is 3.33. The Bertz CT molecular complexity index is 778. The highest BCUT2D eigenvalue weighted by atomic mass is 32.2. The number of nitriles is 1. The second-order valence-electron chi connectivity index (χ2n) is 4.31. The normalized spacial score (nSPS) is 10.1. The Hall–Kier alpha value is -2.43. The molecule has 0 bridgehead atoms. The highest BCUT2D eigenvalue weighted by Crippen LogP contribution is 2.30. The van der Waals surface area contributed by atoms with E-state index >= 15 is 0 Å². The lowest BCUT2D eigenvalue weighted by Crippen LogP contribution is -1.98. The monoisotopic (exact) mass is 325 g/mol. The minimum Gasteiger partial charge on any atom is -0.356 e. The molecular weight excluding hydrogens is 314 g/mol. The Morgan fingerprint density at radius 1 is 1.14 bits per heavy atom. The second-order valence-corrected chi connectivity index (χ2v) is 6.56. The fourth-order valence-electron chi connectivity index (χ4n) is 1.69. The average molecular weight is 325 g/mol. The van der Waals surface area contributed by atoms with Gasteiger partial charge in [0.05, 0.1) is 5.56 Å². The van der Waals surface area contributed by atoms with Crippen LogP contribution in [0.4, 0.5) is 5.13 Å². The van der Waals surface area contributed by atoms with E-state index in [2.05, 4.69) is 32.6 Å². The van der Waals surface area contributed by atoms with Crippen LogP contribution in [0.5, 0.6) is 0 Å². The lowest BCUT2D eigenvalue weighted by atomic mass is 10.2. The van der Waals surface area contributed by atoms with E-state index in [-0.39, 0.29) is 0 Å². The van der Waals surface area contributed by atoms with Crippen molar-refractivity contribution < 1.29 is 0 Å². The number of pyridine rings is 1. The number of benzene rings is 1. The van der Waals surface area contributed by atoms with Crippen molar-refractivity contribution in [2.45, 2.75) is 15.9 Å². The van der Waals surface area contributed by atoms with Crippen LogP contribution < -0.4 is 5.32 Å². The van der Waals surface area contributed by atoms with Gasteiger partial charge < -0.3 is 5.32 Å². The van der Waals surface area contributed by atoms with Gasteiger partial charge in [-0.15, -0.1) is 10.2 Å². The summed E-state index contributed by atoms with van der Waals surface area (Å²) >= 11 is 2.92. The zero-order valence-electron chi connectivity index (χ0n) is 11.4. The second kappa shape index (κ2) is 7.02. The van der Waals surface area contributed by atoms with E-state index in [1.165, 1.54) is 28.7 Å². The number of aromatic nitrogens is 3. The van der Waals surface area contributed by atoms with Crippen molar-refractivity contribution in [3.05, 3.63) is 59.8 Å². The fraction of sp³-hybridized carbons (Fsp3) is 0.0667. The van der Waals surface area contributed by atoms with E-state index in [9.17, 15) is 0 Å². The van der Waals surface area contributed by atoms with Gasteiger partial charge in [-0.1, -0.05) is 41.7 Å². The summed E-state index contributed by atoms with van der Waals surface area (Å²) < 4.78 is 0.813. The Morgan fingerprint density at radius 3 is 2.73 bits per heavy atom. The zero-order chi connectivity index (χ0) is 15.2. The molecule has 0 aliphatic rings. The molecule has 0 aliphatic carbocycles. The van der Waals surface area contributed by atoms with Gasteiger partial charge in [0.25, 0.3) is 0 Å². The summed E-state index contributed by atoms with van der Waals surface area (Å²) in [6.45, 7) is 0.718. The summed E-state index contributed by atoms with van der Waals surface area (Å²) in [5.41, 5.74) is 1.74. The van der Waals surface area contributed by atoms with Crippen LogP contribution >= 0.6 is 23.1 Å². The van der Waals surface area contributed by atoms with Gasteiger partial charge in [-0.3, -0.25) is 0 Å². The molecule has 0 aliphatic heterocycles. The number of rotatable bonds is 5. The van der Waals surface area contributed by atoms with Crippen LogP contribution in [0.2, 0.25) is 0 Å². The molecule has 7 heteroatoms. The van der Waals surface area contributed by atoms with E-state index in [0.29, 0.717) is 5.56 Å². The third-order valence-corrected chi connectivity index (χ3v) is 4.63. The molecule has 0 saturated heterocycles. The molecule has 5 nitrogen and oxygen atoms in total. The smallest absolute Gasteiger partial charge is 0.206 e. The van der Waals surface area contributed by atoms with Crippen molar-refractivity contribution in [3.8, 4) is 6.07 Å². The lowest BCUT2D eigenvalue weighted by molar-refractivity contribution is 0.992. The molecule has 0 fully saturated rings. The molecule has 0 atom stereocenters. The summed E-state index contributed by atoms with van der Waals surface area (Å²) in [7, 11) is 0. The average Bonchev–Trinajstić information content (AvgIpc) is 3.02. The van der Waals surface area contributed by atoms with Crippen molar-refractivity contribution in [3.63, 3.8) is 0 Å². The summed E-state index contributed by atoms with van der Waals surface area (Å²) in [6.07, 6.45) is 1.55. The molecule has 0 unspecified atom stereocenters. The molecule has 1 N–H and O–H groups in total. The summed E-state index contributed by atoms with van der Waals surface area (Å²) in [4.78, 5) is 4.21. The molecule has 0 spiro atoms. The zero-order valence-corrected chi connectivity index (χ0v) is 13.1. The number of nitrogens with one attached hydrogen (secondary N) is 1. The van der Waals surface area contributed by atoms with Crippen LogP contribution in [0, 0.1) is 11.3 Å². The van der Waals surface area contributed by atoms with Gasteiger partial charge in [-0.2, -0.15) is 5.26 Å². The van der Waals surface area contributed by atoms with Crippen molar-refractivity contribution in [1.29, 1.82) is 5.26 Å². The Kier molecular flexibility index (Phi) is 4.63. The lowest BCUT2D eigenvalue weighted by Gasteiger charge is -2.00. The van der Waals surface area contributed by atoms with E-state index in [1.54, 1.807) is 12.3 Å². The topological polar surface area (TPSA) is 74.5 Å². The van der Waals surface area contributed by atoms with Crippen molar-refractivity contribution >= 4 is 28.2 Å². The first-order chi connectivity index (χ1) is 10.8. The summed E-state index contributed by atoms with van der Waals surface area (Å²) in [5.74, 6) is 0. The Labute approximate surface area is 136 Å². The maximum Gasteiger partial charge on any atom is 0.206 e. The van der Waals surface area contributed by atoms with Crippen molar-refractivity contribution in [1.82, 2.24) is 15.2 Å². The van der Waals surface area contributed by atoms with Crippen LogP contribution in [-0.2, 0) is 6.54 Å². The number of hydrogen-bond donors (Lipinski definition) is 1. The molecule has 0 saturated carbocycles. The van der Waals surface area contributed by atoms with Crippen LogP contribution in [0.3, 0.4) is 0 Å². The van der Waals surface area contributed by atoms with Crippen LogP contribution in [0.25, 0.3) is 0 Å². The van der Waals surface area contributed by atoms with E-state index in [4.69, 9.17) is 5.26 Å². The third kappa shape index (κ3) is 3.81. The minimum atomic E-state index is 0.548. The summed E-state index contributed by atoms with van der Waals surface area (Å²) in [6, 6.07) is 15.7. The quantitative estimate of drug-likeness (QED) is 0.773. The Balaban J connectivity index is 1.60. The molecule has 0 radical (unpaired) electrons. The van der Waals surface area contributed by atoms with Crippen molar-refractivity contribution in [2.75, 3.05) is 5.32 Å². The molecule has 0 amide bonds. The molecule has 3 rings (SSSR count).